The van der Waals surface area contributed by atoms with E-state index in [2.05, 4.69) is 0 Å². The fourth-order valence-electron chi connectivity index (χ4n) is 4.24. The van der Waals surface area contributed by atoms with Gasteiger partial charge in [-0.25, -0.2) is 4.98 Å². The highest BCUT2D eigenvalue weighted by atomic mass is 35.5. The molecule has 0 bridgehead atoms. The van der Waals surface area contributed by atoms with Crippen LogP contribution in [0, 0.1) is 11.8 Å². The van der Waals surface area contributed by atoms with Crippen molar-refractivity contribution in [1.29, 1.82) is 0 Å². The molecule has 148 valence electrons. The molecule has 1 aromatic heterocycles. The highest BCUT2D eigenvalue weighted by molar-refractivity contribution is 8.00. The number of thioether (sulfide) groups is 1. The van der Waals surface area contributed by atoms with Crippen molar-refractivity contribution in [3.8, 4) is 0 Å². The normalized spacial score (nSPS) is 21.8. The number of carbonyl (C=O) groups excluding carboxylic acids is 2. The lowest BCUT2D eigenvalue weighted by Gasteiger charge is -2.19. The van der Waals surface area contributed by atoms with E-state index in [1.807, 2.05) is 42.5 Å². The van der Waals surface area contributed by atoms with Crippen LogP contribution in [0.2, 0.25) is 5.02 Å². The predicted octanol–water partition coefficient (Wildman–Crippen LogP) is 5.92. The van der Waals surface area contributed by atoms with E-state index in [1.54, 1.807) is 23.1 Å². The number of amides is 2. The average Bonchev–Trinajstić information content (AvgIpc) is 3.26. The van der Waals surface area contributed by atoms with Gasteiger partial charge in [-0.15, -0.1) is 11.3 Å². The maximum atomic E-state index is 12.9. The van der Waals surface area contributed by atoms with Crippen molar-refractivity contribution in [2.75, 3.05) is 4.90 Å². The number of imide groups is 1. The summed E-state index contributed by atoms with van der Waals surface area (Å²) in [6.45, 7) is 0. The van der Waals surface area contributed by atoms with Crippen molar-refractivity contribution in [1.82, 2.24) is 4.98 Å². The third-order valence-corrected chi connectivity index (χ3v) is 8.21. The summed E-state index contributed by atoms with van der Waals surface area (Å²) in [6, 6.07) is 13.5. The fourth-order valence-corrected chi connectivity index (χ4v) is 6.42. The molecule has 0 spiro atoms. The van der Waals surface area contributed by atoms with Gasteiger partial charge in [0.1, 0.15) is 0 Å². The molecule has 2 heterocycles. The summed E-state index contributed by atoms with van der Waals surface area (Å²) >= 11 is 9.22. The fraction of sp³-hybridized carbons (Fsp3) is 0.318. The Morgan fingerprint density at radius 1 is 1.03 bits per heavy atom. The molecule has 2 aliphatic rings. The number of rotatable bonds is 4. The average molecular weight is 443 g/mol. The summed E-state index contributed by atoms with van der Waals surface area (Å²) in [4.78, 5) is 31.8. The lowest BCUT2D eigenvalue weighted by atomic mass is 9.81. The summed E-state index contributed by atoms with van der Waals surface area (Å²) in [5.74, 6) is 0.510. The van der Waals surface area contributed by atoms with Crippen LogP contribution < -0.4 is 4.90 Å². The van der Waals surface area contributed by atoms with Crippen LogP contribution >= 0.6 is 34.7 Å². The van der Waals surface area contributed by atoms with Crippen LogP contribution in [-0.2, 0) is 15.3 Å². The van der Waals surface area contributed by atoms with E-state index in [4.69, 9.17) is 16.6 Å². The van der Waals surface area contributed by atoms with Gasteiger partial charge in [-0.1, -0.05) is 48.3 Å². The molecule has 1 saturated carbocycles. The van der Waals surface area contributed by atoms with E-state index in [0.29, 0.717) is 5.69 Å². The van der Waals surface area contributed by atoms with Gasteiger partial charge in [0.25, 0.3) is 0 Å². The molecule has 1 aliphatic heterocycles. The molecular weight excluding hydrogens is 424 g/mol. The van der Waals surface area contributed by atoms with Crippen LogP contribution in [0.4, 0.5) is 5.69 Å². The largest absolute Gasteiger partial charge is 0.274 e. The SMILES string of the molecule is O=C1[C@@H]2CCCC[C@H]2C(=O)N1c1ccc2nc(SCc3ccc(Cl)cc3)sc2c1. The Hall–Kier alpha value is -1.89. The first kappa shape index (κ1) is 19.1. The maximum absolute atomic E-state index is 12.9. The molecule has 2 amide bonds. The van der Waals surface area contributed by atoms with E-state index in [9.17, 15) is 9.59 Å². The second-order valence-electron chi connectivity index (χ2n) is 7.56. The Bertz CT molecular complexity index is 1070. The van der Waals surface area contributed by atoms with Crippen molar-refractivity contribution in [2.45, 2.75) is 35.8 Å². The van der Waals surface area contributed by atoms with Gasteiger partial charge in [0, 0.05) is 10.8 Å². The van der Waals surface area contributed by atoms with Crippen molar-refractivity contribution >= 4 is 62.4 Å². The van der Waals surface area contributed by atoms with Gasteiger partial charge in [0.05, 0.1) is 27.7 Å². The zero-order valence-electron chi connectivity index (χ0n) is 15.6. The van der Waals surface area contributed by atoms with E-state index in [1.165, 1.54) is 10.5 Å². The molecular formula is C22H19ClN2O2S2. The Labute approximate surface area is 182 Å². The number of benzene rings is 2. The van der Waals surface area contributed by atoms with E-state index >= 15 is 0 Å². The van der Waals surface area contributed by atoms with Crippen molar-refractivity contribution < 1.29 is 9.59 Å². The minimum atomic E-state index is -0.126. The molecule has 0 N–H and O–H groups in total. The number of hydrogen-bond acceptors (Lipinski definition) is 5. The van der Waals surface area contributed by atoms with Crippen LogP contribution in [0.1, 0.15) is 31.2 Å². The van der Waals surface area contributed by atoms with Crippen molar-refractivity contribution in [2.24, 2.45) is 11.8 Å². The Morgan fingerprint density at radius 2 is 1.72 bits per heavy atom. The summed E-state index contributed by atoms with van der Waals surface area (Å²) in [7, 11) is 0. The van der Waals surface area contributed by atoms with Gasteiger partial charge in [0.15, 0.2) is 4.34 Å². The summed E-state index contributed by atoms with van der Waals surface area (Å²) in [6.07, 6.45) is 3.74. The molecule has 29 heavy (non-hydrogen) atoms. The molecule has 1 saturated heterocycles. The van der Waals surface area contributed by atoms with E-state index in [-0.39, 0.29) is 23.7 Å². The molecule has 2 aromatic carbocycles. The first-order chi connectivity index (χ1) is 14.1. The zero-order chi connectivity index (χ0) is 20.0. The molecule has 1 aliphatic carbocycles. The standard InChI is InChI=1S/C22H19ClN2O2S2/c23-14-7-5-13(6-8-14)12-28-22-24-18-10-9-15(11-19(18)29-22)25-20(26)16-3-1-2-4-17(16)21(25)27/h5-11,16-17H,1-4,12H2/t16-,17-/m1/s1. The van der Waals surface area contributed by atoms with Crippen LogP contribution in [0.5, 0.6) is 0 Å². The lowest BCUT2D eigenvalue weighted by molar-refractivity contribution is -0.122. The third kappa shape index (κ3) is 3.58. The summed E-state index contributed by atoms with van der Waals surface area (Å²) in [5.41, 5.74) is 2.77. The number of hydrogen-bond donors (Lipinski definition) is 0. The molecule has 0 radical (unpaired) electrons. The molecule has 5 rings (SSSR count). The smallest absolute Gasteiger partial charge is 0.237 e. The minimum absolute atomic E-state index is 0.0269. The van der Waals surface area contributed by atoms with Crippen molar-refractivity contribution in [3.05, 3.63) is 53.1 Å². The molecule has 2 fully saturated rings. The summed E-state index contributed by atoms with van der Waals surface area (Å²) < 4.78 is 1.97. The molecule has 4 nitrogen and oxygen atoms in total. The molecule has 7 heteroatoms. The number of aromatic nitrogens is 1. The first-order valence-electron chi connectivity index (χ1n) is 9.76. The predicted molar refractivity (Wildman–Crippen MR) is 119 cm³/mol. The number of fused-ring (bicyclic) bond motifs is 2. The number of carbonyl (C=O) groups is 2. The highest BCUT2D eigenvalue weighted by Crippen LogP contribution is 2.41. The van der Waals surface area contributed by atoms with Crippen LogP contribution in [0.15, 0.2) is 46.8 Å². The second-order valence-corrected chi connectivity index (χ2v) is 10.2. The number of anilines is 1. The molecule has 2 atom stereocenters. The number of nitrogens with zero attached hydrogens (tertiary/aromatic N) is 2. The van der Waals surface area contributed by atoms with Gasteiger partial charge in [-0.3, -0.25) is 14.5 Å². The van der Waals surface area contributed by atoms with Gasteiger partial charge in [-0.05, 0) is 48.7 Å². The van der Waals surface area contributed by atoms with Gasteiger partial charge in [0.2, 0.25) is 11.8 Å². The first-order valence-corrected chi connectivity index (χ1v) is 11.9. The Kier molecular flexibility index (Phi) is 5.10. The van der Waals surface area contributed by atoms with E-state index in [0.717, 1.165) is 51.0 Å². The second kappa shape index (κ2) is 7.74. The van der Waals surface area contributed by atoms with E-state index < -0.39 is 0 Å². The van der Waals surface area contributed by atoms with Crippen molar-refractivity contribution in [3.63, 3.8) is 0 Å². The van der Waals surface area contributed by atoms with Gasteiger partial charge >= 0.3 is 0 Å². The molecule has 3 aromatic rings. The zero-order valence-corrected chi connectivity index (χ0v) is 18.0. The van der Waals surface area contributed by atoms with Gasteiger partial charge in [-0.2, -0.15) is 0 Å². The number of halogens is 1. The Balaban J connectivity index is 1.37. The number of thiazole rings is 1. The maximum Gasteiger partial charge on any atom is 0.237 e. The highest BCUT2D eigenvalue weighted by Gasteiger charge is 2.48. The van der Waals surface area contributed by atoms with Crippen LogP contribution in [0.3, 0.4) is 0 Å². The third-order valence-electron chi connectivity index (χ3n) is 5.73. The molecule has 0 unspecified atom stereocenters. The Morgan fingerprint density at radius 3 is 2.41 bits per heavy atom. The lowest BCUT2D eigenvalue weighted by Crippen LogP contribution is -2.30. The van der Waals surface area contributed by atoms with Crippen LogP contribution in [-0.4, -0.2) is 16.8 Å². The van der Waals surface area contributed by atoms with Gasteiger partial charge < -0.3 is 0 Å². The topological polar surface area (TPSA) is 50.3 Å². The minimum Gasteiger partial charge on any atom is -0.274 e. The quantitative estimate of drug-likeness (QED) is 0.371. The van der Waals surface area contributed by atoms with Crippen LogP contribution in [0.25, 0.3) is 10.2 Å². The summed E-state index contributed by atoms with van der Waals surface area (Å²) in [5, 5.41) is 0.733. The monoisotopic (exact) mass is 442 g/mol.